The molecule has 6 heteroatoms. The second-order valence-corrected chi connectivity index (χ2v) is 3.82. The molecule has 0 spiro atoms. The van der Waals surface area contributed by atoms with Gasteiger partial charge in [-0.25, -0.2) is 0 Å². The third-order valence-corrected chi connectivity index (χ3v) is 2.32. The van der Waals surface area contributed by atoms with E-state index in [1.165, 1.54) is 19.3 Å². The van der Waals surface area contributed by atoms with Gasteiger partial charge in [0.1, 0.15) is 0 Å². The highest BCUT2D eigenvalue weighted by Gasteiger charge is 2.06. The van der Waals surface area contributed by atoms with E-state index in [1.807, 2.05) is 6.92 Å². The van der Waals surface area contributed by atoms with Crippen molar-refractivity contribution in [2.45, 2.75) is 39.5 Å². The van der Waals surface area contributed by atoms with E-state index in [0.717, 1.165) is 6.42 Å². The molecule has 6 nitrogen and oxygen atoms in total. The van der Waals surface area contributed by atoms with Crippen molar-refractivity contribution < 1.29 is 9.47 Å². The van der Waals surface area contributed by atoms with Crippen LogP contribution in [0.4, 0.5) is 5.95 Å². The largest absolute Gasteiger partial charge is 0.464 e. The summed E-state index contributed by atoms with van der Waals surface area (Å²) in [5.41, 5.74) is 0. The minimum Gasteiger partial charge on any atom is -0.464 e. The number of anilines is 1. The van der Waals surface area contributed by atoms with Gasteiger partial charge in [-0.15, -0.1) is 4.98 Å². The molecule has 102 valence electrons. The van der Waals surface area contributed by atoms with Crippen molar-refractivity contribution in [3.63, 3.8) is 0 Å². The van der Waals surface area contributed by atoms with Gasteiger partial charge in [0.15, 0.2) is 0 Å². The number of nitrogens with zero attached hydrogens (tertiary/aromatic N) is 3. The summed E-state index contributed by atoms with van der Waals surface area (Å²) in [6.45, 7) is 5.20. The number of unbranched alkanes of at least 4 members (excludes halogenated alkanes) is 3. The van der Waals surface area contributed by atoms with Crippen LogP contribution in [0.3, 0.4) is 0 Å². The molecular formula is C12H22N4O2. The zero-order chi connectivity index (χ0) is 13.2. The van der Waals surface area contributed by atoms with Crippen LogP contribution in [0.2, 0.25) is 0 Å². The fourth-order valence-corrected chi connectivity index (χ4v) is 1.40. The monoisotopic (exact) mass is 254 g/mol. The Morgan fingerprint density at radius 3 is 2.28 bits per heavy atom. The maximum atomic E-state index is 5.50. The fourth-order valence-electron chi connectivity index (χ4n) is 1.40. The number of ether oxygens (including phenoxy) is 2. The van der Waals surface area contributed by atoms with Crippen LogP contribution in [0, 0.1) is 0 Å². The van der Waals surface area contributed by atoms with Crippen LogP contribution in [0.5, 0.6) is 12.0 Å². The average molecular weight is 254 g/mol. The highest BCUT2D eigenvalue weighted by molar-refractivity contribution is 5.26. The summed E-state index contributed by atoms with van der Waals surface area (Å²) in [5, 5.41) is 2.85. The zero-order valence-corrected chi connectivity index (χ0v) is 11.4. The summed E-state index contributed by atoms with van der Waals surface area (Å²) in [7, 11) is 1.75. The molecule has 1 aromatic heterocycles. The van der Waals surface area contributed by atoms with Crippen molar-refractivity contribution in [3.05, 3.63) is 0 Å². The molecule has 0 unspecified atom stereocenters. The van der Waals surface area contributed by atoms with Gasteiger partial charge < -0.3 is 14.8 Å². The van der Waals surface area contributed by atoms with Gasteiger partial charge in [0.05, 0.1) is 13.2 Å². The average Bonchev–Trinajstić information content (AvgIpc) is 2.38. The first kappa shape index (κ1) is 14.5. The molecule has 0 aliphatic heterocycles. The zero-order valence-electron chi connectivity index (χ0n) is 11.4. The molecule has 1 N–H and O–H groups in total. The van der Waals surface area contributed by atoms with E-state index < -0.39 is 0 Å². The molecule has 0 amide bonds. The standard InChI is InChI=1S/C12H22N4O2/c1-4-6-7-8-9-18-12-15-10(13-3)14-11(16-12)17-5-2/h4-9H2,1-3H3,(H,13,14,15,16). The number of hydrogen-bond donors (Lipinski definition) is 1. The van der Waals surface area contributed by atoms with Gasteiger partial charge in [-0.1, -0.05) is 26.2 Å². The third-order valence-electron chi connectivity index (χ3n) is 2.32. The number of nitrogens with one attached hydrogen (secondary N) is 1. The smallest absolute Gasteiger partial charge is 0.324 e. The Kier molecular flexibility index (Phi) is 6.83. The van der Waals surface area contributed by atoms with Crippen molar-refractivity contribution in [1.82, 2.24) is 15.0 Å². The molecule has 1 rings (SSSR count). The van der Waals surface area contributed by atoms with Gasteiger partial charge in [0, 0.05) is 7.05 Å². The predicted octanol–water partition coefficient (Wildman–Crippen LogP) is 2.27. The van der Waals surface area contributed by atoms with Gasteiger partial charge in [0.25, 0.3) is 0 Å². The summed E-state index contributed by atoms with van der Waals surface area (Å²) in [6, 6.07) is 0.606. The van der Waals surface area contributed by atoms with Gasteiger partial charge in [-0.05, 0) is 13.3 Å². The molecule has 0 saturated heterocycles. The summed E-state index contributed by atoms with van der Waals surface area (Å²) in [5.74, 6) is 0.456. The van der Waals surface area contributed by atoms with Crippen LogP contribution in [-0.2, 0) is 0 Å². The Hall–Kier alpha value is -1.59. The molecule has 0 radical (unpaired) electrons. The molecule has 0 bridgehead atoms. The SMILES string of the molecule is CCCCCCOc1nc(NC)nc(OCC)n1. The molecule has 0 fully saturated rings. The van der Waals surface area contributed by atoms with Gasteiger partial charge in [-0.2, -0.15) is 9.97 Å². The van der Waals surface area contributed by atoms with Crippen molar-refractivity contribution in [3.8, 4) is 12.0 Å². The Morgan fingerprint density at radius 1 is 0.944 bits per heavy atom. The Bertz CT molecular complexity index is 347. The lowest BCUT2D eigenvalue weighted by atomic mass is 10.2. The lowest BCUT2D eigenvalue weighted by molar-refractivity contribution is 0.263. The molecule has 0 atom stereocenters. The second-order valence-electron chi connectivity index (χ2n) is 3.82. The van der Waals surface area contributed by atoms with Crippen molar-refractivity contribution >= 4 is 5.95 Å². The van der Waals surface area contributed by atoms with Crippen molar-refractivity contribution in [2.24, 2.45) is 0 Å². The first-order valence-electron chi connectivity index (χ1n) is 6.49. The van der Waals surface area contributed by atoms with Crippen LogP contribution in [0.25, 0.3) is 0 Å². The summed E-state index contributed by atoms with van der Waals surface area (Å²) in [4.78, 5) is 12.3. The summed E-state index contributed by atoms with van der Waals surface area (Å²) < 4.78 is 10.8. The van der Waals surface area contributed by atoms with Crippen LogP contribution in [0.1, 0.15) is 39.5 Å². The van der Waals surface area contributed by atoms with Crippen LogP contribution in [-0.4, -0.2) is 35.2 Å². The lowest BCUT2D eigenvalue weighted by Gasteiger charge is -2.07. The predicted molar refractivity (Wildman–Crippen MR) is 70.2 cm³/mol. The molecule has 0 saturated carbocycles. The fraction of sp³-hybridized carbons (Fsp3) is 0.750. The van der Waals surface area contributed by atoms with E-state index in [9.17, 15) is 0 Å². The molecular weight excluding hydrogens is 232 g/mol. The van der Waals surface area contributed by atoms with E-state index in [-0.39, 0.29) is 0 Å². The first-order chi connectivity index (χ1) is 8.80. The maximum Gasteiger partial charge on any atom is 0.324 e. The van der Waals surface area contributed by atoms with Crippen LogP contribution >= 0.6 is 0 Å². The highest BCUT2D eigenvalue weighted by atomic mass is 16.5. The van der Waals surface area contributed by atoms with E-state index in [1.54, 1.807) is 7.05 Å². The normalized spacial score (nSPS) is 10.2. The lowest BCUT2D eigenvalue weighted by Crippen LogP contribution is -2.07. The van der Waals surface area contributed by atoms with E-state index in [4.69, 9.17) is 9.47 Å². The van der Waals surface area contributed by atoms with Crippen LogP contribution < -0.4 is 14.8 Å². The second kappa shape index (κ2) is 8.49. The number of hydrogen-bond acceptors (Lipinski definition) is 6. The topological polar surface area (TPSA) is 69.2 Å². The highest BCUT2D eigenvalue weighted by Crippen LogP contribution is 2.13. The minimum atomic E-state index is 0.292. The van der Waals surface area contributed by atoms with Crippen molar-refractivity contribution in [2.75, 3.05) is 25.6 Å². The summed E-state index contributed by atoms with van der Waals surface area (Å²) >= 11 is 0. The Balaban J connectivity index is 2.50. The minimum absolute atomic E-state index is 0.292. The molecule has 0 aliphatic carbocycles. The van der Waals surface area contributed by atoms with Gasteiger partial charge in [0.2, 0.25) is 5.95 Å². The molecule has 1 heterocycles. The third kappa shape index (κ3) is 5.16. The van der Waals surface area contributed by atoms with E-state index in [2.05, 4.69) is 27.2 Å². The molecule has 0 aliphatic rings. The number of aromatic nitrogens is 3. The summed E-state index contributed by atoms with van der Waals surface area (Å²) in [6.07, 6.45) is 4.62. The van der Waals surface area contributed by atoms with Gasteiger partial charge >= 0.3 is 12.0 Å². The maximum absolute atomic E-state index is 5.50. The van der Waals surface area contributed by atoms with E-state index in [0.29, 0.717) is 31.2 Å². The van der Waals surface area contributed by atoms with Gasteiger partial charge in [-0.3, -0.25) is 0 Å². The molecule has 1 aromatic rings. The van der Waals surface area contributed by atoms with Crippen LogP contribution in [0.15, 0.2) is 0 Å². The van der Waals surface area contributed by atoms with E-state index >= 15 is 0 Å². The van der Waals surface area contributed by atoms with Crippen molar-refractivity contribution in [1.29, 1.82) is 0 Å². The Labute approximate surface area is 108 Å². The Morgan fingerprint density at radius 2 is 1.67 bits per heavy atom. The first-order valence-corrected chi connectivity index (χ1v) is 6.49. The quantitative estimate of drug-likeness (QED) is 0.682. The number of rotatable bonds is 9. The molecule has 0 aromatic carbocycles. The molecule has 18 heavy (non-hydrogen) atoms.